The Balaban J connectivity index is 1.72. The Kier molecular flexibility index (Phi) is 4.54. The number of carbonyl (C=O) groups excluding carboxylic acids is 1. The Labute approximate surface area is 157 Å². The van der Waals surface area contributed by atoms with Gasteiger partial charge in [-0.05, 0) is 51.3 Å². The molecular weight excluding hydrogens is 344 g/mol. The van der Waals surface area contributed by atoms with E-state index in [2.05, 4.69) is 5.10 Å². The van der Waals surface area contributed by atoms with Gasteiger partial charge < -0.3 is 10.6 Å². The molecule has 0 radical (unpaired) electrons. The Morgan fingerprint density at radius 2 is 2.08 bits per heavy atom. The highest BCUT2D eigenvalue weighted by atomic mass is 32.1. The van der Waals surface area contributed by atoms with Gasteiger partial charge in [0.05, 0.1) is 16.3 Å². The maximum Gasteiger partial charge on any atom is 0.264 e. The number of aromatic nitrogens is 2. The molecule has 1 amide bonds. The molecule has 4 rings (SSSR count). The van der Waals surface area contributed by atoms with E-state index in [1.54, 1.807) is 0 Å². The molecule has 2 N–H and O–H groups in total. The van der Waals surface area contributed by atoms with Crippen LogP contribution in [0.1, 0.15) is 41.6 Å². The van der Waals surface area contributed by atoms with Crippen LogP contribution in [-0.2, 0) is 0 Å². The lowest BCUT2D eigenvalue weighted by Crippen LogP contribution is -2.51. The quantitative estimate of drug-likeness (QED) is 0.766. The Morgan fingerprint density at radius 1 is 1.31 bits per heavy atom. The van der Waals surface area contributed by atoms with Gasteiger partial charge >= 0.3 is 0 Å². The molecule has 0 aliphatic carbocycles. The number of benzene rings is 1. The summed E-state index contributed by atoms with van der Waals surface area (Å²) in [5.74, 6) is 0.104. The van der Waals surface area contributed by atoms with Gasteiger partial charge in [-0.25, -0.2) is 4.68 Å². The SMILES string of the molecule is Cc1nn(-c2ccccc2)c2sc(C(=O)N3CCCCC3C(C)N)cc12. The summed E-state index contributed by atoms with van der Waals surface area (Å²) in [5, 5.41) is 5.71. The molecule has 1 aromatic carbocycles. The highest BCUT2D eigenvalue weighted by Crippen LogP contribution is 2.32. The lowest BCUT2D eigenvalue weighted by atomic mass is 9.97. The van der Waals surface area contributed by atoms with Gasteiger partial charge in [0, 0.05) is 24.0 Å². The van der Waals surface area contributed by atoms with Crippen LogP contribution in [0.2, 0.25) is 0 Å². The number of rotatable bonds is 3. The fourth-order valence-electron chi connectivity index (χ4n) is 3.79. The average molecular weight is 369 g/mol. The molecule has 2 atom stereocenters. The van der Waals surface area contributed by atoms with Gasteiger partial charge in [-0.3, -0.25) is 4.79 Å². The van der Waals surface area contributed by atoms with Crippen LogP contribution in [-0.4, -0.2) is 39.2 Å². The third-order valence-corrected chi connectivity index (χ3v) is 6.27. The van der Waals surface area contributed by atoms with Crippen LogP contribution in [0.4, 0.5) is 0 Å². The summed E-state index contributed by atoms with van der Waals surface area (Å²) >= 11 is 1.52. The number of piperidine rings is 1. The summed E-state index contributed by atoms with van der Waals surface area (Å²) in [5.41, 5.74) is 8.11. The van der Waals surface area contributed by atoms with Gasteiger partial charge in [0.15, 0.2) is 0 Å². The van der Waals surface area contributed by atoms with Crippen LogP contribution in [0.5, 0.6) is 0 Å². The zero-order valence-electron chi connectivity index (χ0n) is 15.2. The van der Waals surface area contributed by atoms with E-state index >= 15 is 0 Å². The predicted molar refractivity (Wildman–Crippen MR) is 106 cm³/mol. The first kappa shape index (κ1) is 17.2. The van der Waals surface area contributed by atoms with E-state index in [1.807, 2.05) is 59.8 Å². The highest BCUT2D eigenvalue weighted by Gasteiger charge is 2.31. The molecule has 0 saturated carbocycles. The van der Waals surface area contributed by atoms with E-state index in [0.29, 0.717) is 0 Å². The largest absolute Gasteiger partial charge is 0.333 e. The van der Waals surface area contributed by atoms with Crippen LogP contribution in [0.3, 0.4) is 0 Å². The Bertz CT molecular complexity index is 928. The van der Waals surface area contributed by atoms with Gasteiger partial charge in [0.25, 0.3) is 5.91 Å². The van der Waals surface area contributed by atoms with E-state index in [4.69, 9.17) is 5.73 Å². The summed E-state index contributed by atoms with van der Waals surface area (Å²) in [6, 6.07) is 12.2. The van der Waals surface area contributed by atoms with E-state index in [-0.39, 0.29) is 18.0 Å². The third kappa shape index (κ3) is 2.93. The molecule has 1 aliphatic heterocycles. The zero-order chi connectivity index (χ0) is 18.3. The normalized spacial score (nSPS) is 19.0. The molecule has 5 nitrogen and oxygen atoms in total. The molecular formula is C20H24N4OS. The predicted octanol–water partition coefficient (Wildman–Crippen LogP) is 3.74. The molecule has 136 valence electrons. The van der Waals surface area contributed by atoms with Crippen LogP contribution in [0.15, 0.2) is 36.4 Å². The smallest absolute Gasteiger partial charge is 0.264 e. The summed E-state index contributed by atoms with van der Waals surface area (Å²) in [7, 11) is 0. The number of likely N-dealkylation sites (tertiary alicyclic amines) is 1. The van der Waals surface area contributed by atoms with E-state index in [1.165, 1.54) is 11.3 Å². The molecule has 3 heterocycles. The van der Waals surface area contributed by atoms with Crippen molar-refractivity contribution >= 4 is 27.5 Å². The van der Waals surface area contributed by atoms with Gasteiger partial charge in [-0.1, -0.05) is 18.2 Å². The number of aryl methyl sites for hydroxylation is 1. The molecule has 0 spiro atoms. The summed E-state index contributed by atoms with van der Waals surface area (Å²) in [6.45, 7) is 4.79. The molecule has 3 aromatic rings. The number of fused-ring (bicyclic) bond motifs is 1. The van der Waals surface area contributed by atoms with Crippen molar-refractivity contribution in [2.75, 3.05) is 6.54 Å². The molecule has 6 heteroatoms. The number of thiophene rings is 1. The lowest BCUT2D eigenvalue weighted by molar-refractivity contribution is 0.0589. The lowest BCUT2D eigenvalue weighted by Gasteiger charge is -2.37. The van der Waals surface area contributed by atoms with Crippen molar-refractivity contribution in [3.8, 4) is 5.69 Å². The fourth-order valence-corrected chi connectivity index (χ4v) is 4.93. The van der Waals surface area contributed by atoms with E-state index in [9.17, 15) is 4.79 Å². The van der Waals surface area contributed by atoms with Crippen molar-refractivity contribution in [1.29, 1.82) is 0 Å². The van der Waals surface area contributed by atoms with Gasteiger partial charge in [0.1, 0.15) is 4.83 Å². The zero-order valence-corrected chi connectivity index (χ0v) is 16.0. The maximum absolute atomic E-state index is 13.2. The second-order valence-electron chi connectivity index (χ2n) is 7.08. The highest BCUT2D eigenvalue weighted by molar-refractivity contribution is 7.20. The van der Waals surface area contributed by atoms with Crippen molar-refractivity contribution in [2.24, 2.45) is 5.73 Å². The summed E-state index contributed by atoms with van der Waals surface area (Å²) in [4.78, 5) is 17.0. The molecule has 2 unspecified atom stereocenters. The second kappa shape index (κ2) is 6.85. The molecule has 1 aliphatic rings. The van der Waals surface area contributed by atoms with Crippen molar-refractivity contribution in [3.63, 3.8) is 0 Å². The minimum atomic E-state index is -0.00447. The van der Waals surface area contributed by atoms with Crippen molar-refractivity contribution in [1.82, 2.24) is 14.7 Å². The van der Waals surface area contributed by atoms with Crippen molar-refractivity contribution in [3.05, 3.63) is 47.0 Å². The number of hydrogen-bond donors (Lipinski definition) is 1. The number of amides is 1. The topological polar surface area (TPSA) is 64.2 Å². The van der Waals surface area contributed by atoms with Crippen LogP contribution in [0, 0.1) is 6.92 Å². The Hall–Kier alpha value is -2.18. The van der Waals surface area contributed by atoms with Crippen LogP contribution < -0.4 is 5.73 Å². The van der Waals surface area contributed by atoms with E-state index < -0.39 is 0 Å². The fraction of sp³-hybridized carbons (Fsp3) is 0.400. The Morgan fingerprint density at radius 3 is 2.81 bits per heavy atom. The minimum Gasteiger partial charge on any atom is -0.333 e. The van der Waals surface area contributed by atoms with Gasteiger partial charge in [-0.2, -0.15) is 5.10 Å². The standard InChI is InChI=1S/C20H24N4OS/c1-13(21)17-10-6-7-11-23(17)19(25)18-12-16-14(2)22-24(20(16)26-18)15-8-4-3-5-9-15/h3-5,8-9,12-13,17H,6-7,10-11,21H2,1-2H3. The number of nitrogens with zero attached hydrogens (tertiary/aromatic N) is 3. The summed E-state index contributed by atoms with van der Waals surface area (Å²) < 4.78 is 1.94. The molecule has 1 fully saturated rings. The average Bonchev–Trinajstić information content (AvgIpc) is 3.22. The van der Waals surface area contributed by atoms with Gasteiger partial charge in [0.2, 0.25) is 0 Å². The monoisotopic (exact) mass is 368 g/mol. The van der Waals surface area contributed by atoms with Gasteiger partial charge in [-0.15, -0.1) is 11.3 Å². The first-order valence-electron chi connectivity index (χ1n) is 9.17. The van der Waals surface area contributed by atoms with Crippen LogP contribution in [0.25, 0.3) is 15.9 Å². The number of hydrogen-bond acceptors (Lipinski definition) is 4. The number of nitrogens with two attached hydrogens (primary N) is 1. The molecule has 2 aromatic heterocycles. The number of para-hydroxylation sites is 1. The second-order valence-corrected chi connectivity index (χ2v) is 8.11. The third-order valence-electron chi connectivity index (χ3n) is 5.17. The summed E-state index contributed by atoms with van der Waals surface area (Å²) in [6.07, 6.45) is 3.19. The maximum atomic E-state index is 13.2. The van der Waals surface area contributed by atoms with Crippen molar-refractivity contribution < 1.29 is 4.79 Å². The molecule has 26 heavy (non-hydrogen) atoms. The molecule has 0 bridgehead atoms. The first-order chi connectivity index (χ1) is 12.6. The van der Waals surface area contributed by atoms with E-state index in [0.717, 1.165) is 52.3 Å². The molecule has 1 saturated heterocycles. The van der Waals surface area contributed by atoms with Crippen molar-refractivity contribution in [2.45, 2.75) is 45.2 Å². The first-order valence-corrected chi connectivity index (χ1v) is 9.99. The minimum absolute atomic E-state index is 0.00447. The number of carbonyl (C=O) groups is 1. The van der Waals surface area contributed by atoms with Crippen LogP contribution >= 0.6 is 11.3 Å².